The van der Waals surface area contributed by atoms with Crippen LogP contribution in [0.4, 0.5) is 11.4 Å². The SMILES string of the molecule is COc1ccc(NC(=O)C(C)N(C)C(C)(C)CO)c(N)c1. The predicted octanol–water partition coefficient (Wildman–Crippen LogP) is 1.31. The number of carbonyl (C=O) groups excluding carboxylic acids is 1. The number of anilines is 2. The first-order valence-corrected chi connectivity index (χ1v) is 6.81. The Morgan fingerprint density at radius 2 is 2.14 bits per heavy atom. The Labute approximate surface area is 125 Å². The first-order valence-electron chi connectivity index (χ1n) is 6.81. The highest BCUT2D eigenvalue weighted by atomic mass is 16.5. The number of amides is 1. The van der Waals surface area contributed by atoms with Crippen LogP contribution in [0.5, 0.6) is 5.75 Å². The van der Waals surface area contributed by atoms with Crippen molar-refractivity contribution in [3.05, 3.63) is 18.2 Å². The van der Waals surface area contributed by atoms with Crippen LogP contribution in [0.1, 0.15) is 20.8 Å². The van der Waals surface area contributed by atoms with Crippen LogP contribution >= 0.6 is 0 Å². The summed E-state index contributed by atoms with van der Waals surface area (Å²) in [6.07, 6.45) is 0. The molecule has 0 radical (unpaired) electrons. The van der Waals surface area contributed by atoms with Gasteiger partial charge in [-0.3, -0.25) is 9.69 Å². The molecule has 0 aromatic heterocycles. The maximum Gasteiger partial charge on any atom is 0.241 e. The van der Waals surface area contributed by atoms with Crippen molar-refractivity contribution in [1.29, 1.82) is 0 Å². The normalized spacial score (nSPS) is 13.1. The van der Waals surface area contributed by atoms with Gasteiger partial charge in [-0.15, -0.1) is 0 Å². The number of hydrogen-bond donors (Lipinski definition) is 3. The van der Waals surface area contributed by atoms with Gasteiger partial charge in [0.2, 0.25) is 5.91 Å². The lowest BCUT2D eigenvalue weighted by atomic mass is 10.0. The first kappa shape index (κ1) is 17.3. The molecule has 6 heteroatoms. The van der Waals surface area contributed by atoms with E-state index in [0.29, 0.717) is 17.1 Å². The van der Waals surface area contributed by atoms with E-state index < -0.39 is 11.6 Å². The van der Waals surface area contributed by atoms with Gasteiger partial charge >= 0.3 is 0 Å². The number of rotatable bonds is 6. The van der Waals surface area contributed by atoms with Gasteiger partial charge in [-0.05, 0) is 40.0 Å². The van der Waals surface area contributed by atoms with Gasteiger partial charge in [0.15, 0.2) is 0 Å². The quantitative estimate of drug-likeness (QED) is 0.689. The van der Waals surface area contributed by atoms with Crippen LogP contribution in [0.3, 0.4) is 0 Å². The van der Waals surface area contributed by atoms with Gasteiger partial charge < -0.3 is 20.9 Å². The predicted molar refractivity (Wildman–Crippen MR) is 84.4 cm³/mol. The van der Waals surface area contributed by atoms with E-state index >= 15 is 0 Å². The molecule has 1 rings (SSSR count). The zero-order valence-corrected chi connectivity index (χ0v) is 13.3. The van der Waals surface area contributed by atoms with Crippen molar-refractivity contribution in [3.63, 3.8) is 0 Å². The molecule has 118 valence electrons. The molecule has 0 aliphatic heterocycles. The van der Waals surface area contributed by atoms with Crippen molar-refractivity contribution in [2.75, 3.05) is 31.8 Å². The highest BCUT2D eigenvalue weighted by Gasteiger charge is 2.30. The maximum atomic E-state index is 12.3. The van der Waals surface area contributed by atoms with Crippen LogP contribution in [0.2, 0.25) is 0 Å². The molecule has 0 heterocycles. The molecule has 6 nitrogen and oxygen atoms in total. The fourth-order valence-electron chi connectivity index (χ4n) is 1.83. The van der Waals surface area contributed by atoms with E-state index in [0.717, 1.165) is 0 Å². The average Bonchev–Trinajstić information content (AvgIpc) is 2.47. The van der Waals surface area contributed by atoms with Crippen molar-refractivity contribution in [2.45, 2.75) is 32.4 Å². The van der Waals surface area contributed by atoms with Gasteiger partial charge in [0.05, 0.1) is 31.1 Å². The Kier molecular flexibility index (Phi) is 5.57. The number of ether oxygens (including phenoxy) is 1. The number of likely N-dealkylation sites (N-methyl/N-ethyl adjacent to an activating group) is 1. The van der Waals surface area contributed by atoms with Crippen molar-refractivity contribution in [2.24, 2.45) is 0 Å². The van der Waals surface area contributed by atoms with E-state index in [2.05, 4.69) is 5.32 Å². The number of aliphatic hydroxyl groups is 1. The van der Waals surface area contributed by atoms with E-state index in [9.17, 15) is 9.90 Å². The Morgan fingerprint density at radius 3 is 2.62 bits per heavy atom. The molecule has 1 unspecified atom stereocenters. The summed E-state index contributed by atoms with van der Waals surface area (Å²) < 4.78 is 5.07. The van der Waals surface area contributed by atoms with Gasteiger partial charge in [0.1, 0.15) is 5.75 Å². The molecule has 0 saturated carbocycles. The molecule has 0 spiro atoms. The van der Waals surface area contributed by atoms with E-state index in [4.69, 9.17) is 10.5 Å². The molecule has 0 fully saturated rings. The maximum absolute atomic E-state index is 12.3. The molecular weight excluding hydrogens is 270 g/mol. The zero-order chi connectivity index (χ0) is 16.2. The summed E-state index contributed by atoms with van der Waals surface area (Å²) in [4.78, 5) is 14.1. The molecule has 4 N–H and O–H groups in total. The van der Waals surface area contributed by atoms with Crippen molar-refractivity contribution in [1.82, 2.24) is 4.90 Å². The minimum atomic E-state index is -0.484. The summed E-state index contributed by atoms with van der Waals surface area (Å²) in [5, 5.41) is 12.2. The summed E-state index contributed by atoms with van der Waals surface area (Å²) in [5.41, 5.74) is 6.39. The number of nitrogens with one attached hydrogen (secondary N) is 1. The van der Waals surface area contributed by atoms with E-state index in [1.807, 2.05) is 18.7 Å². The minimum Gasteiger partial charge on any atom is -0.497 e. The van der Waals surface area contributed by atoms with Crippen LogP contribution < -0.4 is 15.8 Å². The average molecular weight is 295 g/mol. The molecule has 1 aromatic rings. The molecule has 1 amide bonds. The Morgan fingerprint density at radius 1 is 1.52 bits per heavy atom. The van der Waals surface area contributed by atoms with Crippen molar-refractivity contribution < 1.29 is 14.6 Å². The molecule has 0 aliphatic rings. The summed E-state index contributed by atoms with van der Waals surface area (Å²) in [7, 11) is 3.36. The van der Waals surface area contributed by atoms with Crippen LogP contribution in [-0.4, -0.2) is 48.3 Å². The van der Waals surface area contributed by atoms with Gasteiger partial charge in [0.25, 0.3) is 0 Å². The second-order valence-corrected chi connectivity index (χ2v) is 5.70. The van der Waals surface area contributed by atoms with Gasteiger partial charge in [-0.1, -0.05) is 0 Å². The van der Waals surface area contributed by atoms with Gasteiger partial charge in [0, 0.05) is 11.6 Å². The molecule has 1 atom stereocenters. The Bertz CT molecular complexity index is 503. The summed E-state index contributed by atoms with van der Waals surface area (Å²) in [6, 6.07) is 4.68. The molecule has 21 heavy (non-hydrogen) atoms. The lowest BCUT2D eigenvalue weighted by Gasteiger charge is -2.37. The number of methoxy groups -OCH3 is 1. The Hall–Kier alpha value is -1.79. The Balaban J connectivity index is 2.81. The smallest absolute Gasteiger partial charge is 0.241 e. The highest BCUT2D eigenvalue weighted by Crippen LogP contribution is 2.24. The second-order valence-electron chi connectivity index (χ2n) is 5.70. The number of nitrogens with zero attached hydrogens (tertiary/aromatic N) is 1. The second kappa shape index (κ2) is 6.78. The monoisotopic (exact) mass is 295 g/mol. The lowest BCUT2D eigenvalue weighted by molar-refractivity contribution is -0.122. The van der Waals surface area contributed by atoms with E-state index in [1.165, 1.54) is 0 Å². The van der Waals surface area contributed by atoms with Crippen molar-refractivity contribution in [3.8, 4) is 5.75 Å². The fourth-order valence-corrected chi connectivity index (χ4v) is 1.83. The third-order valence-electron chi connectivity index (χ3n) is 3.82. The van der Waals surface area contributed by atoms with Gasteiger partial charge in [-0.2, -0.15) is 0 Å². The van der Waals surface area contributed by atoms with Crippen LogP contribution in [-0.2, 0) is 4.79 Å². The number of carbonyl (C=O) groups is 1. The standard InChI is InChI=1S/C15H25N3O3/c1-10(18(4)15(2,3)9-19)14(20)17-13-7-6-11(21-5)8-12(13)16/h6-8,10,19H,9,16H2,1-5H3,(H,17,20). The highest BCUT2D eigenvalue weighted by molar-refractivity contribution is 5.97. The van der Waals surface area contributed by atoms with Crippen LogP contribution in [0.25, 0.3) is 0 Å². The molecule has 0 aliphatic carbocycles. The summed E-state index contributed by atoms with van der Waals surface area (Å²) in [5.74, 6) is 0.452. The van der Waals surface area contributed by atoms with E-state index in [1.54, 1.807) is 39.3 Å². The minimum absolute atomic E-state index is 0.0359. The molecule has 1 aromatic carbocycles. The third kappa shape index (κ3) is 4.09. The third-order valence-corrected chi connectivity index (χ3v) is 3.82. The number of benzene rings is 1. The molecule has 0 bridgehead atoms. The van der Waals surface area contributed by atoms with E-state index in [-0.39, 0.29) is 12.5 Å². The number of nitrogens with two attached hydrogens (primary N) is 1. The molecular formula is C15H25N3O3. The fraction of sp³-hybridized carbons (Fsp3) is 0.533. The number of nitrogen functional groups attached to an aromatic ring is 1. The largest absolute Gasteiger partial charge is 0.497 e. The number of aliphatic hydroxyl groups excluding tert-OH is 1. The lowest BCUT2D eigenvalue weighted by Crippen LogP contribution is -2.52. The van der Waals surface area contributed by atoms with Crippen molar-refractivity contribution >= 4 is 17.3 Å². The van der Waals surface area contributed by atoms with Crippen LogP contribution in [0.15, 0.2) is 18.2 Å². The summed E-state index contributed by atoms with van der Waals surface area (Å²) >= 11 is 0. The topological polar surface area (TPSA) is 87.8 Å². The first-order chi connectivity index (χ1) is 9.72. The van der Waals surface area contributed by atoms with Crippen LogP contribution in [0, 0.1) is 0 Å². The molecule has 0 saturated heterocycles. The number of hydrogen-bond acceptors (Lipinski definition) is 5. The zero-order valence-electron chi connectivity index (χ0n) is 13.3. The summed E-state index contributed by atoms with van der Waals surface area (Å²) in [6.45, 7) is 5.50. The van der Waals surface area contributed by atoms with Gasteiger partial charge in [-0.25, -0.2) is 0 Å².